The molecule has 28 heavy (non-hydrogen) atoms. The first-order chi connectivity index (χ1) is 13.3. The maximum atomic E-state index is 12.7. The van der Waals surface area contributed by atoms with Crippen molar-refractivity contribution >= 4 is 41.5 Å². The lowest BCUT2D eigenvalue weighted by Gasteiger charge is -2.25. The fourth-order valence-corrected chi connectivity index (χ4v) is 3.11. The van der Waals surface area contributed by atoms with Crippen LogP contribution >= 0.6 is 11.8 Å². The molecule has 0 bridgehead atoms. The summed E-state index contributed by atoms with van der Waals surface area (Å²) in [6.07, 6.45) is 0.719. The quantitative estimate of drug-likeness (QED) is 0.506. The van der Waals surface area contributed by atoms with Crippen molar-refractivity contribution in [2.75, 3.05) is 19.1 Å². The fourth-order valence-electron chi connectivity index (χ4n) is 2.66. The van der Waals surface area contributed by atoms with Crippen molar-refractivity contribution < 1.29 is 28.7 Å². The maximum Gasteiger partial charge on any atom is 0.330 e. The number of nitrogens with one attached hydrogen (secondary N) is 2. The number of rotatable bonds is 7. The van der Waals surface area contributed by atoms with Gasteiger partial charge in [0.1, 0.15) is 6.04 Å². The average molecular weight is 407 g/mol. The Morgan fingerprint density at radius 3 is 2.21 bits per heavy atom. The second-order valence-corrected chi connectivity index (χ2v) is 6.96. The lowest BCUT2D eigenvalue weighted by atomic mass is 10.1. The molecule has 0 aromatic heterocycles. The number of thioether (sulfide) groups is 1. The molecule has 1 aromatic carbocycles. The van der Waals surface area contributed by atoms with Gasteiger partial charge in [0.25, 0.3) is 17.7 Å². The molecule has 150 valence electrons. The van der Waals surface area contributed by atoms with Crippen molar-refractivity contribution in [3.8, 4) is 0 Å². The molecule has 0 fully saturated rings. The molecule has 1 aliphatic rings. The summed E-state index contributed by atoms with van der Waals surface area (Å²) in [4.78, 5) is 62.1. The molecule has 0 aliphatic carbocycles. The van der Waals surface area contributed by atoms with Crippen LogP contribution in [0.1, 0.15) is 34.1 Å². The Morgan fingerprint density at radius 2 is 1.71 bits per heavy atom. The van der Waals surface area contributed by atoms with Gasteiger partial charge in [-0.1, -0.05) is 12.1 Å². The Kier molecular flexibility index (Phi) is 7.16. The fraction of sp³-hybridized carbons (Fsp3) is 0.389. The Balaban J connectivity index is 2.18. The molecule has 10 heteroatoms. The van der Waals surface area contributed by atoms with Crippen molar-refractivity contribution in [1.82, 2.24) is 15.5 Å². The summed E-state index contributed by atoms with van der Waals surface area (Å²) in [5.74, 6) is -2.37. The summed E-state index contributed by atoms with van der Waals surface area (Å²) in [6.45, 7) is 1.30. The molecule has 5 amide bonds. The minimum atomic E-state index is -1.28. The third-order valence-corrected chi connectivity index (χ3v) is 4.77. The Labute approximate surface area is 166 Å². The minimum absolute atomic E-state index is 0.176. The highest BCUT2D eigenvalue weighted by Gasteiger charge is 2.43. The van der Waals surface area contributed by atoms with Crippen molar-refractivity contribution in [3.05, 3.63) is 35.4 Å². The van der Waals surface area contributed by atoms with E-state index >= 15 is 0 Å². The molecule has 1 aliphatic heterocycles. The van der Waals surface area contributed by atoms with Crippen molar-refractivity contribution in [2.45, 2.75) is 25.5 Å². The largest absolute Gasteiger partial charge is 0.451 e. The van der Waals surface area contributed by atoms with Gasteiger partial charge in [-0.15, -0.1) is 0 Å². The maximum absolute atomic E-state index is 12.7. The molecule has 1 aromatic rings. The first kappa shape index (κ1) is 21.4. The molecule has 0 radical (unpaired) electrons. The highest BCUT2D eigenvalue weighted by atomic mass is 32.2. The Morgan fingerprint density at radius 1 is 1.14 bits per heavy atom. The first-order valence-electron chi connectivity index (χ1n) is 8.50. The van der Waals surface area contributed by atoms with E-state index in [1.54, 1.807) is 12.1 Å². The number of esters is 1. The number of hydrogen-bond donors (Lipinski definition) is 2. The van der Waals surface area contributed by atoms with E-state index in [1.165, 1.54) is 37.9 Å². The van der Waals surface area contributed by atoms with Crippen LogP contribution in [0.4, 0.5) is 4.79 Å². The molecule has 9 nitrogen and oxygen atoms in total. The normalized spacial score (nSPS) is 14.9. The Hall–Kier alpha value is -2.88. The van der Waals surface area contributed by atoms with Crippen molar-refractivity contribution in [1.29, 1.82) is 0 Å². The summed E-state index contributed by atoms with van der Waals surface area (Å²) in [7, 11) is 1.33. The summed E-state index contributed by atoms with van der Waals surface area (Å²) in [5.41, 5.74) is 0.444. The van der Waals surface area contributed by atoms with E-state index in [4.69, 9.17) is 4.74 Å². The highest BCUT2D eigenvalue weighted by Crippen LogP contribution is 2.26. The zero-order valence-electron chi connectivity index (χ0n) is 15.7. The number of nitrogens with zero attached hydrogens (tertiary/aromatic N) is 1. The molecule has 2 atom stereocenters. The van der Waals surface area contributed by atoms with Gasteiger partial charge in [-0.25, -0.2) is 9.59 Å². The third kappa shape index (κ3) is 4.50. The number of urea groups is 1. The molecular weight excluding hydrogens is 386 g/mol. The van der Waals surface area contributed by atoms with E-state index in [0.29, 0.717) is 5.75 Å². The smallest absolute Gasteiger partial charge is 0.330 e. The van der Waals surface area contributed by atoms with Gasteiger partial charge >= 0.3 is 12.0 Å². The van der Waals surface area contributed by atoms with E-state index in [9.17, 15) is 24.0 Å². The number of carbonyl (C=O) groups is 5. The van der Waals surface area contributed by atoms with Gasteiger partial charge in [0.2, 0.25) is 0 Å². The molecular formula is C18H21N3O6S. The summed E-state index contributed by atoms with van der Waals surface area (Å²) >= 11 is 1.44. The zero-order valence-corrected chi connectivity index (χ0v) is 16.5. The predicted molar refractivity (Wildman–Crippen MR) is 102 cm³/mol. The average Bonchev–Trinajstić information content (AvgIpc) is 2.93. The van der Waals surface area contributed by atoms with Gasteiger partial charge in [-0.3, -0.25) is 24.6 Å². The van der Waals surface area contributed by atoms with Gasteiger partial charge in [-0.2, -0.15) is 11.8 Å². The summed E-state index contributed by atoms with van der Waals surface area (Å²) < 4.78 is 5.14. The summed E-state index contributed by atoms with van der Waals surface area (Å²) in [5, 5.41) is 4.21. The predicted octanol–water partition coefficient (Wildman–Crippen LogP) is 0.792. The van der Waals surface area contributed by atoms with Crippen LogP contribution in [0.15, 0.2) is 24.3 Å². The number of fused-ring (bicyclic) bond motifs is 1. The molecule has 2 N–H and O–H groups in total. The molecule has 0 saturated carbocycles. The van der Waals surface area contributed by atoms with Gasteiger partial charge in [0.15, 0.2) is 6.10 Å². The van der Waals surface area contributed by atoms with E-state index in [2.05, 4.69) is 5.32 Å². The molecule has 1 heterocycles. The second-order valence-electron chi connectivity index (χ2n) is 5.97. The number of imide groups is 2. The number of hydrogen-bond acceptors (Lipinski definition) is 7. The minimum Gasteiger partial charge on any atom is -0.451 e. The van der Waals surface area contributed by atoms with E-state index in [0.717, 1.165) is 4.90 Å². The molecule has 0 saturated heterocycles. The molecule has 2 rings (SSSR count). The van der Waals surface area contributed by atoms with Crippen LogP contribution in [0, 0.1) is 0 Å². The number of amides is 5. The van der Waals surface area contributed by atoms with Crippen LogP contribution in [-0.4, -0.2) is 65.8 Å². The topological polar surface area (TPSA) is 122 Å². The Bertz CT molecular complexity index is 777. The van der Waals surface area contributed by atoms with Gasteiger partial charge in [-0.05, 0) is 37.5 Å². The lowest BCUT2D eigenvalue weighted by Crippen LogP contribution is -2.49. The molecule has 0 spiro atoms. The van der Waals surface area contributed by atoms with E-state index in [-0.39, 0.29) is 17.5 Å². The lowest BCUT2D eigenvalue weighted by molar-refractivity contribution is -0.158. The molecule has 0 unspecified atom stereocenters. The van der Waals surface area contributed by atoms with Crippen LogP contribution in [0.5, 0.6) is 0 Å². The second kappa shape index (κ2) is 9.36. The standard InChI is InChI=1S/C18H21N3O6S/c1-10(14(22)20-18(26)19-2)27-17(25)13(8-9-28-3)21-15(23)11-6-4-5-7-12(11)16(21)24/h4-7,10,13H,8-9H2,1-3H3,(H2,19,20,22,26)/t10-,13+/m0/s1. The summed E-state index contributed by atoms with van der Waals surface area (Å²) in [6, 6.07) is 4.39. The van der Waals surface area contributed by atoms with Crippen molar-refractivity contribution in [3.63, 3.8) is 0 Å². The number of ether oxygens (including phenoxy) is 1. The van der Waals surface area contributed by atoms with Crippen molar-refractivity contribution in [2.24, 2.45) is 0 Å². The number of benzene rings is 1. The zero-order chi connectivity index (χ0) is 20.8. The van der Waals surface area contributed by atoms with E-state index in [1.807, 2.05) is 11.6 Å². The first-order valence-corrected chi connectivity index (χ1v) is 9.90. The number of carbonyl (C=O) groups excluding carboxylic acids is 5. The van der Waals surface area contributed by atoms with Crippen LogP contribution < -0.4 is 10.6 Å². The van der Waals surface area contributed by atoms with E-state index < -0.39 is 41.9 Å². The van der Waals surface area contributed by atoms with Crippen LogP contribution in [0.25, 0.3) is 0 Å². The van der Waals surface area contributed by atoms with Gasteiger partial charge in [0, 0.05) is 7.05 Å². The third-order valence-electron chi connectivity index (χ3n) is 4.13. The van der Waals surface area contributed by atoms with Gasteiger partial charge < -0.3 is 10.1 Å². The van der Waals surface area contributed by atoms with Crippen LogP contribution in [-0.2, 0) is 14.3 Å². The SMILES string of the molecule is CNC(=O)NC(=O)[C@H](C)OC(=O)[C@@H](CCSC)N1C(=O)c2ccccc2C1=O. The van der Waals surface area contributed by atoms with Crippen LogP contribution in [0.2, 0.25) is 0 Å². The van der Waals surface area contributed by atoms with Gasteiger partial charge in [0.05, 0.1) is 11.1 Å². The highest BCUT2D eigenvalue weighted by molar-refractivity contribution is 7.98. The van der Waals surface area contributed by atoms with Crippen LogP contribution in [0.3, 0.4) is 0 Å². The monoisotopic (exact) mass is 407 g/mol.